The molecule has 2 heterocycles. The fourth-order valence-electron chi connectivity index (χ4n) is 2.48. The first-order valence-electron chi connectivity index (χ1n) is 7.09. The molecule has 0 spiro atoms. The van der Waals surface area contributed by atoms with Crippen LogP contribution in [0.25, 0.3) is 22.3 Å². The predicted octanol–water partition coefficient (Wildman–Crippen LogP) is 2.47. The smallest absolute Gasteiger partial charge is 0.338 e. The fourth-order valence-corrected chi connectivity index (χ4v) is 2.48. The number of likely N-dealkylation sites (N-methyl/N-ethyl adjacent to an activating group) is 1. The van der Waals surface area contributed by atoms with Crippen molar-refractivity contribution < 1.29 is 14.7 Å². The van der Waals surface area contributed by atoms with Gasteiger partial charge in [0, 0.05) is 24.5 Å². The number of hydrogen-bond donors (Lipinski definition) is 2. The van der Waals surface area contributed by atoms with Crippen LogP contribution in [0.4, 0.5) is 5.69 Å². The molecule has 120 valence electrons. The van der Waals surface area contributed by atoms with Crippen LogP contribution in [0.15, 0.2) is 49.4 Å². The van der Waals surface area contributed by atoms with E-state index < -0.39 is 5.97 Å². The third-order valence-corrected chi connectivity index (χ3v) is 3.71. The van der Waals surface area contributed by atoms with Gasteiger partial charge in [-0.1, -0.05) is 18.7 Å². The van der Waals surface area contributed by atoms with Crippen molar-refractivity contribution >= 4 is 28.6 Å². The molecule has 0 aliphatic heterocycles. The Hall–Kier alpha value is -3.48. The number of carboxylic acids is 1. The first-order valence-corrected chi connectivity index (χ1v) is 7.09. The molecule has 0 saturated heterocycles. The molecule has 0 aliphatic carbocycles. The van der Waals surface area contributed by atoms with Crippen molar-refractivity contribution in [3.63, 3.8) is 0 Å². The third kappa shape index (κ3) is 2.52. The Balaban J connectivity index is 2.18. The summed E-state index contributed by atoms with van der Waals surface area (Å²) in [6.45, 7) is 3.47. The lowest BCUT2D eigenvalue weighted by molar-refractivity contribution is -0.113. The van der Waals surface area contributed by atoms with Crippen LogP contribution >= 0.6 is 0 Å². The topological polar surface area (TPSA) is 99.2 Å². The molecule has 7 heteroatoms. The number of fused-ring (bicyclic) bond motifs is 1. The third-order valence-electron chi connectivity index (χ3n) is 3.71. The van der Waals surface area contributed by atoms with E-state index in [-0.39, 0.29) is 11.5 Å². The quantitative estimate of drug-likeness (QED) is 0.719. The number of aromatic carboxylic acids is 1. The molecule has 0 aliphatic rings. The number of aromatic nitrogens is 3. The van der Waals surface area contributed by atoms with Gasteiger partial charge in [-0.25, -0.2) is 14.8 Å². The van der Waals surface area contributed by atoms with E-state index in [0.717, 1.165) is 0 Å². The zero-order valence-corrected chi connectivity index (χ0v) is 12.9. The van der Waals surface area contributed by atoms with Crippen molar-refractivity contribution in [2.45, 2.75) is 0 Å². The molecule has 0 bridgehead atoms. The van der Waals surface area contributed by atoms with Crippen LogP contribution in [0, 0.1) is 0 Å². The molecule has 0 radical (unpaired) electrons. The number of carbonyl (C=O) groups is 2. The minimum absolute atomic E-state index is 0.0986. The van der Waals surface area contributed by atoms with Crippen LogP contribution in [0.2, 0.25) is 0 Å². The van der Waals surface area contributed by atoms with E-state index in [1.54, 1.807) is 31.3 Å². The number of amides is 1. The maximum atomic E-state index is 11.8. The molecule has 24 heavy (non-hydrogen) atoms. The molecule has 0 saturated carbocycles. The summed E-state index contributed by atoms with van der Waals surface area (Å²) in [5, 5.41) is 9.78. The molecule has 1 aromatic carbocycles. The number of H-pyrrole nitrogens is 1. The van der Waals surface area contributed by atoms with E-state index >= 15 is 0 Å². The summed E-state index contributed by atoms with van der Waals surface area (Å²) in [5.74, 6) is -1.31. The summed E-state index contributed by atoms with van der Waals surface area (Å²) in [6, 6.07) is 7.12. The minimum Gasteiger partial charge on any atom is -0.478 e. The summed E-state index contributed by atoms with van der Waals surface area (Å²) >= 11 is 0. The van der Waals surface area contributed by atoms with Crippen LogP contribution in [0.5, 0.6) is 0 Å². The monoisotopic (exact) mass is 322 g/mol. The maximum Gasteiger partial charge on any atom is 0.338 e. The van der Waals surface area contributed by atoms with Gasteiger partial charge in [-0.15, -0.1) is 0 Å². The molecule has 2 aromatic heterocycles. The molecule has 0 unspecified atom stereocenters. The number of carboxylic acid groups (broad SMARTS) is 1. The lowest BCUT2D eigenvalue weighted by Gasteiger charge is -2.16. The summed E-state index contributed by atoms with van der Waals surface area (Å²) in [5.41, 5.74) is 2.36. The van der Waals surface area contributed by atoms with E-state index in [2.05, 4.69) is 21.5 Å². The van der Waals surface area contributed by atoms with Crippen molar-refractivity contribution in [2.75, 3.05) is 11.9 Å². The van der Waals surface area contributed by atoms with Crippen molar-refractivity contribution in [3.8, 4) is 11.3 Å². The normalized spacial score (nSPS) is 10.5. The van der Waals surface area contributed by atoms with Crippen LogP contribution in [0.1, 0.15) is 10.4 Å². The molecule has 3 rings (SSSR count). The predicted molar refractivity (Wildman–Crippen MR) is 89.9 cm³/mol. The minimum atomic E-state index is -1.06. The van der Waals surface area contributed by atoms with Gasteiger partial charge in [0.1, 0.15) is 12.0 Å². The van der Waals surface area contributed by atoms with Crippen molar-refractivity contribution in [1.82, 2.24) is 15.0 Å². The largest absolute Gasteiger partial charge is 0.478 e. The molecule has 3 aromatic rings. The molecular formula is C17H14N4O3. The summed E-state index contributed by atoms with van der Waals surface area (Å²) < 4.78 is 0. The van der Waals surface area contributed by atoms with Gasteiger partial charge in [0.15, 0.2) is 0 Å². The molecule has 0 fully saturated rings. The van der Waals surface area contributed by atoms with Gasteiger partial charge < -0.3 is 15.0 Å². The Kier molecular flexibility index (Phi) is 3.83. The Labute approximate surface area is 137 Å². The lowest BCUT2D eigenvalue weighted by Crippen LogP contribution is -2.23. The van der Waals surface area contributed by atoms with E-state index in [4.69, 9.17) is 0 Å². The standard InChI is InChI=1S/C17H14N4O3/c1-3-13(22)21(2)11-6-4-5-10(7-11)15-14-12(17(23)24)8-18-16(14)20-9-19-15/h3-9H,1H2,2H3,(H,23,24)(H,18,19,20). The molecule has 0 atom stereocenters. The Morgan fingerprint density at radius 2 is 2.12 bits per heavy atom. The number of carbonyl (C=O) groups excluding carboxylic acids is 1. The van der Waals surface area contributed by atoms with Gasteiger partial charge in [-0.2, -0.15) is 0 Å². The summed E-state index contributed by atoms with van der Waals surface area (Å²) in [6.07, 6.45) is 3.98. The number of rotatable bonds is 4. The van der Waals surface area contributed by atoms with Crippen LogP contribution < -0.4 is 4.90 Å². The van der Waals surface area contributed by atoms with Gasteiger partial charge >= 0.3 is 5.97 Å². The second-order valence-electron chi connectivity index (χ2n) is 5.11. The van der Waals surface area contributed by atoms with Gasteiger partial charge in [-0.3, -0.25) is 4.79 Å². The molecule has 2 N–H and O–H groups in total. The number of hydrogen-bond acceptors (Lipinski definition) is 4. The van der Waals surface area contributed by atoms with Crippen molar-refractivity contribution in [2.24, 2.45) is 0 Å². The van der Waals surface area contributed by atoms with E-state index in [0.29, 0.717) is 28.0 Å². The number of anilines is 1. The van der Waals surface area contributed by atoms with Crippen molar-refractivity contribution in [1.29, 1.82) is 0 Å². The highest BCUT2D eigenvalue weighted by molar-refractivity contribution is 6.08. The molecular weight excluding hydrogens is 308 g/mol. The van der Waals surface area contributed by atoms with Crippen LogP contribution in [-0.4, -0.2) is 39.0 Å². The highest BCUT2D eigenvalue weighted by atomic mass is 16.4. The van der Waals surface area contributed by atoms with Crippen LogP contribution in [-0.2, 0) is 4.79 Å². The first-order chi connectivity index (χ1) is 11.5. The lowest BCUT2D eigenvalue weighted by atomic mass is 10.1. The van der Waals surface area contributed by atoms with Gasteiger partial charge in [0.05, 0.1) is 16.6 Å². The first kappa shape index (κ1) is 15.4. The van der Waals surface area contributed by atoms with Gasteiger partial charge in [0.2, 0.25) is 5.91 Å². The second kappa shape index (κ2) is 5.96. The average molecular weight is 322 g/mol. The van der Waals surface area contributed by atoms with Crippen LogP contribution in [0.3, 0.4) is 0 Å². The Morgan fingerprint density at radius 3 is 2.83 bits per heavy atom. The fraction of sp³-hybridized carbons (Fsp3) is 0.0588. The Morgan fingerprint density at radius 1 is 1.33 bits per heavy atom. The Bertz CT molecular complexity index is 961. The summed E-state index contributed by atoms with van der Waals surface area (Å²) in [7, 11) is 1.64. The average Bonchev–Trinajstić information content (AvgIpc) is 3.05. The maximum absolute atomic E-state index is 11.8. The van der Waals surface area contributed by atoms with E-state index in [1.807, 2.05) is 0 Å². The summed E-state index contributed by atoms with van der Waals surface area (Å²) in [4.78, 5) is 35.8. The SMILES string of the molecule is C=CC(=O)N(C)c1cccc(-c2ncnc3[nH]cc(C(=O)O)c23)c1. The van der Waals surface area contributed by atoms with E-state index in [9.17, 15) is 14.7 Å². The second-order valence-corrected chi connectivity index (χ2v) is 5.11. The van der Waals surface area contributed by atoms with Crippen molar-refractivity contribution in [3.05, 3.63) is 55.0 Å². The highest BCUT2D eigenvalue weighted by Crippen LogP contribution is 2.30. The van der Waals surface area contributed by atoms with E-state index in [1.165, 1.54) is 23.5 Å². The number of aromatic amines is 1. The highest BCUT2D eigenvalue weighted by Gasteiger charge is 2.18. The zero-order valence-electron chi connectivity index (χ0n) is 12.9. The zero-order chi connectivity index (χ0) is 17.3. The van der Waals surface area contributed by atoms with Gasteiger partial charge in [0.25, 0.3) is 0 Å². The number of benzene rings is 1. The number of nitrogens with zero attached hydrogens (tertiary/aromatic N) is 3. The van der Waals surface area contributed by atoms with Gasteiger partial charge in [-0.05, 0) is 18.2 Å². The molecule has 1 amide bonds. The molecule has 7 nitrogen and oxygen atoms in total. The number of nitrogens with one attached hydrogen (secondary N) is 1.